The van der Waals surface area contributed by atoms with Crippen molar-refractivity contribution in [3.05, 3.63) is 58.2 Å². The Morgan fingerprint density at radius 3 is 2.94 bits per heavy atom. The van der Waals surface area contributed by atoms with Crippen LogP contribution in [0.4, 0.5) is 5.82 Å². The van der Waals surface area contributed by atoms with Crippen molar-refractivity contribution in [3.8, 4) is 6.07 Å². The lowest BCUT2D eigenvalue weighted by molar-refractivity contribution is 1.10. The summed E-state index contributed by atoms with van der Waals surface area (Å²) in [4.78, 5) is 4.21. The third-order valence-corrected chi connectivity index (χ3v) is 2.91. The second-order valence-electron chi connectivity index (χ2n) is 3.50. The zero-order valence-electron chi connectivity index (χ0n) is 9.02. The van der Waals surface area contributed by atoms with Gasteiger partial charge in [0.15, 0.2) is 0 Å². The number of nitriles is 1. The average Bonchev–Trinajstić information content (AvgIpc) is 2.38. The van der Waals surface area contributed by atoms with E-state index in [0.29, 0.717) is 12.1 Å². The number of halogens is 1. The van der Waals surface area contributed by atoms with Crippen LogP contribution in [0.25, 0.3) is 0 Å². The molecule has 1 N–H and O–H groups in total. The van der Waals surface area contributed by atoms with E-state index in [1.54, 1.807) is 12.3 Å². The molecule has 2 rings (SSSR count). The molecule has 0 saturated carbocycles. The van der Waals surface area contributed by atoms with Gasteiger partial charge in [0.25, 0.3) is 0 Å². The Morgan fingerprint density at radius 1 is 1.29 bits per heavy atom. The highest BCUT2D eigenvalue weighted by Crippen LogP contribution is 2.19. The molecule has 2 aromatic rings. The van der Waals surface area contributed by atoms with Gasteiger partial charge in [-0.2, -0.15) is 5.26 Å². The molecule has 0 aliphatic rings. The monoisotopic (exact) mass is 287 g/mol. The van der Waals surface area contributed by atoms with Gasteiger partial charge in [0.2, 0.25) is 0 Å². The molecule has 0 atom stereocenters. The molecule has 3 nitrogen and oxygen atoms in total. The van der Waals surface area contributed by atoms with E-state index in [4.69, 9.17) is 5.26 Å². The van der Waals surface area contributed by atoms with E-state index >= 15 is 0 Å². The van der Waals surface area contributed by atoms with E-state index < -0.39 is 0 Å². The molecule has 0 spiro atoms. The summed E-state index contributed by atoms with van der Waals surface area (Å²) < 4.78 is 0.927. The fourth-order valence-corrected chi connectivity index (χ4v) is 1.85. The molecular formula is C13H10BrN3. The van der Waals surface area contributed by atoms with Crippen LogP contribution in [-0.4, -0.2) is 4.98 Å². The van der Waals surface area contributed by atoms with Crippen LogP contribution in [0.15, 0.2) is 47.1 Å². The van der Waals surface area contributed by atoms with Gasteiger partial charge in [0.05, 0.1) is 16.1 Å². The summed E-state index contributed by atoms with van der Waals surface area (Å²) in [6.45, 7) is 0.644. The van der Waals surface area contributed by atoms with Crippen LogP contribution in [0.5, 0.6) is 0 Å². The van der Waals surface area contributed by atoms with Crippen LogP contribution in [0.3, 0.4) is 0 Å². The van der Waals surface area contributed by atoms with Crippen molar-refractivity contribution in [2.45, 2.75) is 6.54 Å². The highest BCUT2D eigenvalue weighted by atomic mass is 79.9. The molecule has 1 heterocycles. The summed E-state index contributed by atoms with van der Waals surface area (Å²) in [5.41, 5.74) is 1.73. The number of aromatic nitrogens is 1. The lowest BCUT2D eigenvalue weighted by Crippen LogP contribution is -2.01. The Kier molecular flexibility index (Phi) is 3.73. The summed E-state index contributed by atoms with van der Waals surface area (Å²) >= 11 is 3.42. The minimum atomic E-state index is 0.644. The molecule has 0 saturated heterocycles. The van der Waals surface area contributed by atoms with Gasteiger partial charge < -0.3 is 5.32 Å². The van der Waals surface area contributed by atoms with Gasteiger partial charge in [-0.05, 0) is 45.8 Å². The van der Waals surface area contributed by atoms with Gasteiger partial charge in [-0.3, -0.25) is 0 Å². The number of rotatable bonds is 3. The van der Waals surface area contributed by atoms with Crippen molar-refractivity contribution in [1.29, 1.82) is 5.26 Å². The first-order valence-corrected chi connectivity index (χ1v) is 5.92. The molecule has 0 aliphatic heterocycles. The molecule has 0 radical (unpaired) electrons. The van der Waals surface area contributed by atoms with E-state index in [0.717, 1.165) is 15.9 Å². The van der Waals surface area contributed by atoms with Gasteiger partial charge in [0.1, 0.15) is 5.82 Å². The van der Waals surface area contributed by atoms with Gasteiger partial charge in [-0.1, -0.05) is 12.1 Å². The standard InChI is InChI=1S/C13H10BrN3/c14-12-5-2-6-16-13(12)17-9-11-4-1-3-10(7-11)8-15/h1-7H,9H2,(H,16,17). The fourth-order valence-electron chi connectivity index (χ4n) is 1.45. The first-order valence-electron chi connectivity index (χ1n) is 5.13. The van der Waals surface area contributed by atoms with Crippen molar-refractivity contribution in [2.75, 3.05) is 5.32 Å². The number of benzene rings is 1. The Balaban J connectivity index is 2.08. The maximum absolute atomic E-state index is 8.80. The Morgan fingerprint density at radius 2 is 2.18 bits per heavy atom. The van der Waals surface area contributed by atoms with E-state index in [9.17, 15) is 0 Å². The molecule has 17 heavy (non-hydrogen) atoms. The lowest BCUT2D eigenvalue weighted by Gasteiger charge is -2.07. The molecule has 4 heteroatoms. The molecule has 0 aliphatic carbocycles. The van der Waals surface area contributed by atoms with Crippen LogP contribution in [0.2, 0.25) is 0 Å². The minimum absolute atomic E-state index is 0.644. The van der Waals surface area contributed by atoms with E-state index in [1.165, 1.54) is 0 Å². The zero-order valence-corrected chi connectivity index (χ0v) is 10.6. The number of anilines is 1. The van der Waals surface area contributed by atoms with E-state index in [-0.39, 0.29) is 0 Å². The maximum atomic E-state index is 8.80. The predicted molar refractivity (Wildman–Crippen MR) is 70.4 cm³/mol. The lowest BCUT2D eigenvalue weighted by atomic mass is 10.1. The Hall–Kier alpha value is -1.86. The first-order chi connectivity index (χ1) is 8.29. The Bertz CT molecular complexity index is 561. The highest BCUT2D eigenvalue weighted by Gasteiger charge is 2.00. The number of nitrogens with one attached hydrogen (secondary N) is 1. The van der Waals surface area contributed by atoms with Gasteiger partial charge in [0, 0.05) is 12.7 Å². The second-order valence-corrected chi connectivity index (χ2v) is 4.35. The number of hydrogen-bond donors (Lipinski definition) is 1. The highest BCUT2D eigenvalue weighted by molar-refractivity contribution is 9.10. The van der Waals surface area contributed by atoms with Crippen molar-refractivity contribution in [2.24, 2.45) is 0 Å². The van der Waals surface area contributed by atoms with Gasteiger partial charge >= 0.3 is 0 Å². The second kappa shape index (κ2) is 5.46. The molecule has 1 aromatic carbocycles. The van der Waals surface area contributed by atoms with Crippen molar-refractivity contribution in [1.82, 2.24) is 4.98 Å². The number of nitrogens with zero attached hydrogens (tertiary/aromatic N) is 2. The largest absolute Gasteiger partial charge is 0.365 e. The smallest absolute Gasteiger partial charge is 0.140 e. The predicted octanol–water partition coefficient (Wildman–Crippen LogP) is 3.33. The van der Waals surface area contributed by atoms with Gasteiger partial charge in [-0.25, -0.2) is 4.98 Å². The van der Waals surface area contributed by atoms with Crippen molar-refractivity contribution in [3.63, 3.8) is 0 Å². The summed E-state index contributed by atoms with van der Waals surface area (Å²) in [6, 6.07) is 13.4. The zero-order chi connectivity index (χ0) is 12.1. The molecule has 84 valence electrons. The quantitative estimate of drug-likeness (QED) is 0.942. The van der Waals surface area contributed by atoms with E-state index in [2.05, 4.69) is 32.3 Å². The average molecular weight is 288 g/mol. The van der Waals surface area contributed by atoms with Gasteiger partial charge in [-0.15, -0.1) is 0 Å². The molecule has 0 fully saturated rings. The fraction of sp³-hybridized carbons (Fsp3) is 0.0769. The first kappa shape index (κ1) is 11.6. The molecule has 0 unspecified atom stereocenters. The third kappa shape index (κ3) is 3.05. The van der Waals surface area contributed by atoms with Crippen LogP contribution in [0, 0.1) is 11.3 Å². The van der Waals surface area contributed by atoms with Crippen molar-refractivity contribution < 1.29 is 0 Å². The maximum Gasteiger partial charge on any atom is 0.140 e. The topological polar surface area (TPSA) is 48.7 Å². The molecule has 1 aromatic heterocycles. The van der Waals surface area contributed by atoms with Crippen LogP contribution in [0.1, 0.15) is 11.1 Å². The van der Waals surface area contributed by atoms with Crippen molar-refractivity contribution >= 4 is 21.7 Å². The number of hydrogen-bond acceptors (Lipinski definition) is 3. The minimum Gasteiger partial charge on any atom is -0.365 e. The third-order valence-electron chi connectivity index (χ3n) is 2.27. The summed E-state index contributed by atoms with van der Waals surface area (Å²) in [6.07, 6.45) is 1.73. The summed E-state index contributed by atoms with van der Waals surface area (Å²) in [7, 11) is 0. The summed E-state index contributed by atoms with van der Waals surface area (Å²) in [5, 5.41) is 12.0. The van der Waals surface area contributed by atoms with E-state index in [1.807, 2.05) is 30.3 Å². The normalized spacial score (nSPS) is 9.65. The van der Waals surface area contributed by atoms with Crippen LogP contribution in [-0.2, 0) is 6.54 Å². The molecule has 0 bridgehead atoms. The summed E-state index contributed by atoms with van der Waals surface area (Å²) in [5.74, 6) is 0.801. The number of pyridine rings is 1. The SMILES string of the molecule is N#Cc1cccc(CNc2ncccc2Br)c1. The van der Waals surface area contributed by atoms with Crippen LogP contribution < -0.4 is 5.32 Å². The molecule has 0 amide bonds. The Labute approximate surface area is 108 Å². The van der Waals surface area contributed by atoms with Crippen LogP contribution >= 0.6 is 15.9 Å². The molecular weight excluding hydrogens is 278 g/mol.